The van der Waals surface area contributed by atoms with Crippen molar-refractivity contribution in [2.45, 2.75) is 11.8 Å². The summed E-state index contributed by atoms with van der Waals surface area (Å²) < 4.78 is 6.00. The van der Waals surface area contributed by atoms with Crippen LogP contribution in [0.5, 0.6) is 5.75 Å². The van der Waals surface area contributed by atoms with E-state index >= 15 is 0 Å². The molecule has 1 fully saturated rings. The second-order valence-corrected chi connectivity index (χ2v) is 8.55. The molecule has 0 aliphatic heterocycles. The quantitative estimate of drug-likeness (QED) is 0.284. The highest BCUT2D eigenvalue weighted by Crippen LogP contribution is 2.58. The van der Waals surface area contributed by atoms with Crippen molar-refractivity contribution in [1.29, 1.82) is 0 Å². The van der Waals surface area contributed by atoms with Crippen molar-refractivity contribution in [3.63, 3.8) is 0 Å². The Kier molecular flexibility index (Phi) is 5.96. The van der Waals surface area contributed by atoms with Gasteiger partial charge in [0.1, 0.15) is 5.75 Å². The lowest BCUT2D eigenvalue weighted by Gasteiger charge is -2.49. The number of benzene rings is 4. The average molecular weight is 449 g/mol. The largest absolute Gasteiger partial charge is 0.481 e. The molecule has 34 heavy (non-hydrogen) atoms. The number of carbonyl (C=O) groups is 2. The number of ether oxygens (including phenoxy) is 1. The molecule has 0 spiro atoms. The lowest BCUT2D eigenvalue weighted by molar-refractivity contribution is -0.158. The van der Waals surface area contributed by atoms with Crippen molar-refractivity contribution in [2.24, 2.45) is 11.8 Å². The molecule has 1 aliphatic carbocycles. The van der Waals surface area contributed by atoms with E-state index in [-0.39, 0.29) is 0 Å². The molecule has 0 aromatic heterocycles. The van der Waals surface area contributed by atoms with Gasteiger partial charge in [0.25, 0.3) is 0 Å². The SMILES string of the molecule is O=C(O)C1[C@H](c2ccccc2)C(C(=O)Oc2ccccc2-c2ccccc2)[C@H]1c1ccccc1. The van der Waals surface area contributed by atoms with Gasteiger partial charge in [0.2, 0.25) is 0 Å². The summed E-state index contributed by atoms with van der Waals surface area (Å²) in [7, 11) is 0. The third-order valence-corrected chi connectivity index (χ3v) is 6.66. The second-order valence-electron chi connectivity index (χ2n) is 8.55. The topological polar surface area (TPSA) is 63.6 Å². The molecule has 0 radical (unpaired) electrons. The van der Waals surface area contributed by atoms with E-state index in [0.717, 1.165) is 22.3 Å². The zero-order valence-electron chi connectivity index (χ0n) is 18.5. The Morgan fingerprint density at radius 1 is 0.588 bits per heavy atom. The van der Waals surface area contributed by atoms with Crippen LogP contribution in [0.3, 0.4) is 0 Å². The van der Waals surface area contributed by atoms with E-state index in [1.807, 2.05) is 109 Å². The van der Waals surface area contributed by atoms with E-state index in [9.17, 15) is 14.7 Å². The van der Waals surface area contributed by atoms with Crippen LogP contribution in [-0.4, -0.2) is 17.0 Å². The van der Waals surface area contributed by atoms with Crippen LogP contribution in [0.15, 0.2) is 115 Å². The van der Waals surface area contributed by atoms with Gasteiger partial charge < -0.3 is 9.84 Å². The predicted molar refractivity (Wildman–Crippen MR) is 130 cm³/mol. The van der Waals surface area contributed by atoms with E-state index in [1.54, 1.807) is 6.07 Å². The molecule has 4 aromatic carbocycles. The Bertz CT molecular complexity index is 1240. The average Bonchev–Trinajstić information content (AvgIpc) is 2.85. The Morgan fingerprint density at radius 2 is 1.06 bits per heavy atom. The van der Waals surface area contributed by atoms with Gasteiger partial charge in [0, 0.05) is 17.4 Å². The minimum Gasteiger partial charge on any atom is -0.481 e. The molecule has 0 heterocycles. The monoisotopic (exact) mass is 448 g/mol. The summed E-state index contributed by atoms with van der Waals surface area (Å²) in [6, 6.07) is 36.0. The fourth-order valence-corrected chi connectivity index (χ4v) is 5.12. The van der Waals surface area contributed by atoms with Crippen LogP contribution in [0.1, 0.15) is 23.0 Å². The fraction of sp³-hybridized carbons (Fsp3) is 0.133. The maximum Gasteiger partial charge on any atom is 0.315 e. The Labute approximate surface area is 198 Å². The molecule has 0 unspecified atom stereocenters. The Morgan fingerprint density at radius 3 is 1.59 bits per heavy atom. The van der Waals surface area contributed by atoms with Crippen LogP contribution < -0.4 is 4.74 Å². The van der Waals surface area contributed by atoms with Gasteiger partial charge in [-0.2, -0.15) is 0 Å². The van der Waals surface area contributed by atoms with Crippen molar-refractivity contribution in [3.05, 3.63) is 126 Å². The number of para-hydroxylation sites is 1. The Hall–Kier alpha value is -4.18. The summed E-state index contributed by atoms with van der Waals surface area (Å²) in [5.74, 6) is -3.13. The van der Waals surface area contributed by atoms with Crippen LogP contribution in [0.25, 0.3) is 11.1 Å². The van der Waals surface area contributed by atoms with E-state index in [0.29, 0.717) is 5.75 Å². The van der Waals surface area contributed by atoms with Gasteiger partial charge in [-0.1, -0.05) is 109 Å². The van der Waals surface area contributed by atoms with Crippen LogP contribution in [0, 0.1) is 11.8 Å². The van der Waals surface area contributed by atoms with Gasteiger partial charge in [0.15, 0.2) is 0 Å². The second kappa shape index (κ2) is 9.36. The molecule has 0 amide bonds. The van der Waals surface area contributed by atoms with Crippen molar-refractivity contribution >= 4 is 11.9 Å². The van der Waals surface area contributed by atoms with Gasteiger partial charge in [-0.25, -0.2) is 0 Å². The third kappa shape index (κ3) is 3.99. The van der Waals surface area contributed by atoms with Crippen molar-refractivity contribution < 1.29 is 19.4 Å². The van der Waals surface area contributed by atoms with Crippen LogP contribution >= 0.6 is 0 Å². The highest BCUT2D eigenvalue weighted by atomic mass is 16.5. The first-order chi connectivity index (χ1) is 16.6. The standard InChI is InChI=1S/C30H24O4/c31-29(32)27-25(21-14-6-2-7-15-21)28(26(27)22-16-8-3-9-17-22)30(33)34-24-19-11-10-18-23(24)20-12-4-1-5-13-20/h1-19,25-28H,(H,31,32)/t25-,26-,27?,28?/m0/s1. The minimum atomic E-state index is -0.906. The molecule has 4 nitrogen and oxygen atoms in total. The molecule has 2 atom stereocenters. The van der Waals surface area contributed by atoms with E-state index in [2.05, 4.69) is 0 Å². The van der Waals surface area contributed by atoms with Gasteiger partial charge in [-0.15, -0.1) is 0 Å². The number of hydrogen-bond donors (Lipinski definition) is 1. The van der Waals surface area contributed by atoms with Crippen LogP contribution in [0.2, 0.25) is 0 Å². The number of rotatable bonds is 6. The highest BCUT2D eigenvalue weighted by Gasteiger charge is 2.59. The predicted octanol–water partition coefficient (Wildman–Crippen LogP) is 6.16. The van der Waals surface area contributed by atoms with Gasteiger partial charge in [-0.05, 0) is 22.8 Å². The molecule has 0 bridgehead atoms. The molecule has 0 saturated heterocycles. The maximum atomic E-state index is 13.7. The molecule has 1 saturated carbocycles. The normalized spacial score (nSPS) is 21.3. The first kappa shape index (κ1) is 21.7. The number of esters is 1. The summed E-state index contributed by atoms with van der Waals surface area (Å²) >= 11 is 0. The van der Waals surface area contributed by atoms with E-state index in [4.69, 9.17) is 4.74 Å². The number of aliphatic carboxylic acids is 1. The maximum absolute atomic E-state index is 13.7. The van der Waals surface area contributed by atoms with E-state index in [1.165, 1.54) is 0 Å². The third-order valence-electron chi connectivity index (χ3n) is 6.66. The number of carbonyl (C=O) groups excluding carboxylic acids is 1. The van der Waals surface area contributed by atoms with Gasteiger partial charge >= 0.3 is 11.9 Å². The Balaban J connectivity index is 1.53. The van der Waals surface area contributed by atoms with Crippen molar-refractivity contribution in [3.8, 4) is 16.9 Å². The zero-order chi connectivity index (χ0) is 23.5. The molecule has 4 heteroatoms. The summed E-state index contributed by atoms with van der Waals surface area (Å²) in [4.78, 5) is 26.1. The molecular weight excluding hydrogens is 424 g/mol. The number of hydrogen-bond acceptors (Lipinski definition) is 3. The number of carboxylic acids is 1. The molecule has 1 N–H and O–H groups in total. The lowest BCUT2D eigenvalue weighted by Crippen LogP contribution is -2.52. The van der Waals surface area contributed by atoms with Crippen LogP contribution in [-0.2, 0) is 9.59 Å². The fourth-order valence-electron chi connectivity index (χ4n) is 5.12. The molecule has 4 aromatic rings. The van der Waals surface area contributed by atoms with Crippen LogP contribution in [0.4, 0.5) is 0 Å². The molecule has 5 rings (SSSR count). The minimum absolute atomic E-state index is 0.413. The van der Waals surface area contributed by atoms with Gasteiger partial charge in [-0.3, -0.25) is 9.59 Å². The summed E-state index contributed by atoms with van der Waals surface area (Å²) in [6.07, 6.45) is 0. The smallest absolute Gasteiger partial charge is 0.315 e. The van der Waals surface area contributed by atoms with Gasteiger partial charge in [0.05, 0.1) is 11.8 Å². The zero-order valence-corrected chi connectivity index (χ0v) is 18.5. The lowest BCUT2D eigenvalue weighted by atomic mass is 9.52. The highest BCUT2D eigenvalue weighted by molar-refractivity contribution is 5.87. The van der Waals surface area contributed by atoms with E-state index < -0.39 is 35.6 Å². The molecule has 168 valence electrons. The summed E-state index contributed by atoms with van der Waals surface area (Å²) in [6.45, 7) is 0. The van der Waals surface area contributed by atoms with Crippen molar-refractivity contribution in [1.82, 2.24) is 0 Å². The molecule has 1 aliphatic rings. The first-order valence-electron chi connectivity index (χ1n) is 11.3. The molecular formula is C30H24O4. The first-order valence-corrected chi connectivity index (χ1v) is 11.3. The van der Waals surface area contributed by atoms with Crippen molar-refractivity contribution in [2.75, 3.05) is 0 Å². The summed E-state index contributed by atoms with van der Waals surface area (Å²) in [5, 5.41) is 10.1. The summed E-state index contributed by atoms with van der Waals surface area (Å²) in [5.41, 5.74) is 3.43. The number of carboxylic acid groups (broad SMARTS) is 1.